The van der Waals surface area contributed by atoms with Crippen molar-refractivity contribution >= 4 is 10.0 Å². The van der Waals surface area contributed by atoms with Crippen LogP contribution in [-0.2, 0) is 14.8 Å². The van der Waals surface area contributed by atoms with E-state index in [0.717, 1.165) is 32.4 Å². The van der Waals surface area contributed by atoms with Gasteiger partial charge in [-0.1, -0.05) is 0 Å². The van der Waals surface area contributed by atoms with E-state index in [-0.39, 0.29) is 11.6 Å². The zero-order chi connectivity index (χ0) is 13.4. The highest BCUT2D eigenvalue weighted by Gasteiger charge is 2.44. The zero-order valence-electron chi connectivity index (χ0n) is 11.5. The second-order valence-corrected chi connectivity index (χ2v) is 7.71. The number of rotatable bonds is 3. The molecule has 2 aliphatic rings. The van der Waals surface area contributed by atoms with E-state index in [4.69, 9.17) is 4.74 Å². The van der Waals surface area contributed by atoms with Gasteiger partial charge in [-0.3, -0.25) is 4.90 Å². The summed E-state index contributed by atoms with van der Waals surface area (Å²) in [7, 11) is -3.12. The van der Waals surface area contributed by atoms with Crippen LogP contribution in [0.3, 0.4) is 0 Å². The Morgan fingerprint density at radius 2 is 2.17 bits per heavy atom. The van der Waals surface area contributed by atoms with E-state index in [9.17, 15) is 8.42 Å². The minimum atomic E-state index is -3.12. The van der Waals surface area contributed by atoms with E-state index in [1.165, 1.54) is 6.26 Å². The van der Waals surface area contributed by atoms with Crippen LogP contribution in [0.4, 0.5) is 0 Å². The van der Waals surface area contributed by atoms with Crippen molar-refractivity contribution in [3.05, 3.63) is 0 Å². The number of nitrogens with zero attached hydrogens (tertiary/aromatic N) is 1. The van der Waals surface area contributed by atoms with Gasteiger partial charge in [-0.15, -0.1) is 0 Å². The van der Waals surface area contributed by atoms with Crippen LogP contribution in [0.15, 0.2) is 0 Å². The molecule has 0 aromatic heterocycles. The molecule has 0 bridgehead atoms. The average molecular weight is 276 g/mol. The molecule has 2 aliphatic heterocycles. The first-order chi connectivity index (χ1) is 8.30. The summed E-state index contributed by atoms with van der Waals surface area (Å²) in [5.74, 6) is 0. The van der Waals surface area contributed by atoms with Crippen molar-refractivity contribution in [3.8, 4) is 0 Å². The van der Waals surface area contributed by atoms with Crippen LogP contribution >= 0.6 is 0 Å². The largest absolute Gasteiger partial charge is 0.373 e. The third-order valence-corrected chi connectivity index (χ3v) is 4.71. The number of sulfonamides is 1. The lowest BCUT2D eigenvalue weighted by Gasteiger charge is -2.38. The number of hydrogen-bond donors (Lipinski definition) is 1. The Bertz CT molecular complexity index is 396. The van der Waals surface area contributed by atoms with Gasteiger partial charge in [-0.05, 0) is 33.1 Å². The van der Waals surface area contributed by atoms with Gasteiger partial charge in [-0.2, -0.15) is 0 Å². The smallest absolute Gasteiger partial charge is 0.208 e. The number of ether oxygens (including phenoxy) is 1. The maximum Gasteiger partial charge on any atom is 0.208 e. The van der Waals surface area contributed by atoms with E-state index in [1.807, 2.05) is 0 Å². The van der Waals surface area contributed by atoms with Crippen molar-refractivity contribution in [1.82, 2.24) is 9.62 Å². The van der Waals surface area contributed by atoms with Crippen LogP contribution in [0.25, 0.3) is 0 Å². The zero-order valence-corrected chi connectivity index (χ0v) is 12.3. The summed E-state index contributed by atoms with van der Waals surface area (Å²) < 4.78 is 31.3. The second kappa shape index (κ2) is 5.07. The molecule has 2 rings (SSSR count). The van der Waals surface area contributed by atoms with E-state index in [2.05, 4.69) is 23.5 Å². The Morgan fingerprint density at radius 3 is 2.72 bits per heavy atom. The molecule has 18 heavy (non-hydrogen) atoms. The molecule has 0 aliphatic carbocycles. The third kappa shape index (κ3) is 3.44. The summed E-state index contributed by atoms with van der Waals surface area (Å²) in [6, 6.07) is 0.553. The van der Waals surface area contributed by atoms with Crippen LogP contribution in [0, 0.1) is 0 Å². The number of nitrogens with one attached hydrogen (secondary N) is 1. The molecule has 5 nitrogen and oxygen atoms in total. The highest BCUT2D eigenvalue weighted by Crippen LogP contribution is 2.35. The van der Waals surface area contributed by atoms with Gasteiger partial charge in [0.1, 0.15) is 0 Å². The molecule has 0 aromatic rings. The van der Waals surface area contributed by atoms with E-state index in [1.54, 1.807) is 0 Å². The maximum atomic E-state index is 11.3. The molecule has 2 fully saturated rings. The predicted molar refractivity (Wildman–Crippen MR) is 71.0 cm³/mol. The summed E-state index contributed by atoms with van der Waals surface area (Å²) in [6.45, 7) is 7.00. The highest BCUT2D eigenvalue weighted by atomic mass is 32.2. The van der Waals surface area contributed by atoms with Crippen molar-refractivity contribution in [1.29, 1.82) is 0 Å². The molecule has 0 saturated carbocycles. The van der Waals surface area contributed by atoms with Gasteiger partial charge in [0.15, 0.2) is 0 Å². The topological polar surface area (TPSA) is 58.6 Å². The molecular formula is C12H24N2O3S. The summed E-state index contributed by atoms with van der Waals surface area (Å²) in [5, 5.41) is 0. The summed E-state index contributed by atoms with van der Waals surface area (Å²) in [6.07, 6.45) is 3.80. The van der Waals surface area contributed by atoms with Crippen LogP contribution in [0.2, 0.25) is 0 Å². The van der Waals surface area contributed by atoms with Gasteiger partial charge in [0.2, 0.25) is 10.0 Å². The first-order valence-electron chi connectivity index (χ1n) is 6.65. The lowest BCUT2D eigenvalue weighted by Crippen LogP contribution is -2.50. The number of hydrogen-bond acceptors (Lipinski definition) is 4. The van der Waals surface area contributed by atoms with E-state index < -0.39 is 10.0 Å². The maximum absolute atomic E-state index is 11.3. The van der Waals surface area contributed by atoms with Crippen LogP contribution < -0.4 is 4.72 Å². The highest BCUT2D eigenvalue weighted by molar-refractivity contribution is 7.88. The fraction of sp³-hybridized carbons (Fsp3) is 1.00. The molecule has 106 valence electrons. The van der Waals surface area contributed by atoms with E-state index >= 15 is 0 Å². The summed E-state index contributed by atoms with van der Waals surface area (Å²) in [5.41, 5.74) is -0.134. The van der Waals surface area contributed by atoms with Crippen LogP contribution in [0.5, 0.6) is 0 Å². The lowest BCUT2D eigenvalue weighted by atomic mass is 9.90. The number of likely N-dealkylation sites (tertiary alicyclic amines) is 1. The quantitative estimate of drug-likeness (QED) is 0.818. The molecule has 1 spiro atoms. The third-order valence-electron chi connectivity index (χ3n) is 3.95. The first-order valence-corrected chi connectivity index (χ1v) is 8.54. The van der Waals surface area contributed by atoms with Gasteiger partial charge < -0.3 is 4.74 Å². The van der Waals surface area contributed by atoms with Gasteiger partial charge in [0, 0.05) is 31.8 Å². The molecule has 0 aromatic carbocycles. The molecule has 2 heterocycles. The molecule has 0 unspecified atom stereocenters. The van der Waals surface area contributed by atoms with Crippen molar-refractivity contribution in [2.75, 3.05) is 26.0 Å². The van der Waals surface area contributed by atoms with Crippen molar-refractivity contribution in [3.63, 3.8) is 0 Å². The van der Waals surface area contributed by atoms with Gasteiger partial charge in [0.25, 0.3) is 0 Å². The van der Waals surface area contributed by atoms with Gasteiger partial charge in [0.05, 0.1) is 11.9 Å². The Labute approximate surface area is 110 Å². The van der Waals surface area contributed by atoms with Gasteiger partial charge in [-0.25, -0.2) is 13.1 Å². The van der Waals surface area contributed by atoms with Crippen molar-refractivity contribution in [2.45, 2.75) is 50.8 Å². The molecule has 2 saturated heterocycles. The molecule has 2 atom stereocenters. The van der Waals surface area contributed by atoms with Gasteiger partial charge >= 0.3 is 0 Å². The van der Waals surface area contributed by atoms with Crippen LogP contribution in [0.1, 0.15) is 33.1 Å². The second-order valence-electron chi connectivity index (χ2n) is 5.93. The lowest BCUT2D eigenvalue weighted by molar-refractivity contribution is -0.0787. The van der Waals surface area contributed by atoms with Crippen LogP contribution in [-0.4, -0.2) is 57.0 Å². The summed E-state index contributed by atoms with van der Waals surface area (Å²) in [4.78, 5) is 2.41. The fourth-order valence-corrected chi connectivity index (χ4v) is 3.84. The SMILES string of the molecule is CC(C)N1CC[C@]2(C[C@@H](NS(C)(=O)=O)CCO2)C1. The van der Waals surface area contributed by atoms with Crippen molar-refractivity contribution in [2.24, 2.45) is 0 Å². The standard InChI is InChI=1S/C12H24N2O3S/c1-10(2)14-6-5-12(9-14)8-11(4-7-17-12)13-18(3,15)16/h10-11,13H,4-9H2,1-3H3/t11-,12-/m0/s1. The Morgan fingerprint density at radius 1 is 1.44 bits per heavy atom. The molecular weight excluding hydrogens is 252 g/mol. The molecule has 0 radical (unpaired) electrons. The summed E-state index contributed by atoms with van der Waals surface area (Å²) >= 11 is 0. The molecule has 0 amide bonds. The Balaban J connectivity index is 1.99. The molecule has 1 N–H and O–H groups in total. The van der Waals surface area contributed by atoms with E-state index in [0.29, 0.717) is 12.6 Å². The minimum Gasteiger partial charge on any atom is -0.373 e. The monoisotopic (exact) mass is 276 g/mol. The molecule has 6 heteroatoms. The minimum absolute atomic E-state index is 0.0286. The Kier molecular flexibility index (Phi) is 4.02. The average Bonchev–Trinajstić information content (AvgIpc) is 2.59. The van der Waals surface area contributed by atoms with Crippen molar-refractivity contribution < 1.29 is 13.2 Å². The predicted octanol–water partition coefficient (Wildman–Crippen LogP) is 0.568. The fourth-order valence-electron chi connectivity index (χ4n) is 3.03. The Hall–Kier alpha value is -0.170. The first kappa shape index (κ1) is 14.2. The normalized spacial score (nSPS) is 34.6.